The molecule has 2 aromatic carbocycles. The molecule has 2 rings (SSSR count). The third-order valence-corrected chi connectivity index (χ3v) is 5.91. The monoisotopic (exact) mass is 392 g/mol. The highest BCUT2D eigenvalue weighted by Gasteiger charge is 2.40. The fourth-order valence-corrected chi connectivity index (χ4v) is 5.07. The molecule has 140 valence electrons. The van der Waals surface area contributed by atoms with E-state index >= 15 is 0 Å². The summed E-state index contributed by atoms with van der Waals surface area (Å²) in [5, 5.41) is 0. The molecule has 0 aromatic heterocycles. The predicted octanol–water partition coefficient (Wildman–Crippen LogP) is 3.89. The minimum atomic E-state index is -3.98. The number of hydrogen-bond donors (Lipinski definition) is 0. The summed E-state index contributed by atoms with van der Waals surface area (Å²) in [7, 11) is -6.14. The molecule has 5 nitrogen and oxygen atoms in total. The van der Waals surface area contributed by atoms with Crippen molar-refractivity contribution in [1.29, 1.82) is 0 Å². The molecule has 0 aliphatic carbocycles. The summed E-state index contributed by atoms with van der Waals surface area (Å²) in [6.07, 6.45) is 0. The van der Waals surface area contributed by atoms with E-state index in [9.17, 15) is 13.2 Å². The van der Waals surface area contributed by atoms with Crippen molar-refractivity contribution in [2.45, 2.75) is 37.1 Å². The van der Waals surface area contributed by atoms with Crippen LogP contribution in [-0.4, -0.2) is 34.7 Å². The molecule has 0 amide bonds. The van der Waals surface area contributed by atoms with E-state index in [-0.39, 0.29) is 17.3 Å². The molecule has 26 heavy (non-hydrogen) atoms. The molecule has 0 aliphatic rings. The first-order valence-electron chi connectivity index (χ1n) is 8.28. The Morgan fingerprint density at radius 1 is 0.962 bits per heavy atom. The zero-order valence-corrected chi connectivity index (χ0v) is 17.2. The third kappa shape index (κ3) is 5.34. The van der Waals surface area contributed by atoms with E-state index in [0.717, 1.165) is 0 Å². The van der Waals surface area contributed by atoms with Gasteiger partial charge in [-0.3, -0.25) is 8.98 Å². The second kappa shape index (κ2) is 7.83. The molecule has 0 aliphatic heterocycles. The smallest absolute Gasteiger partial charge is 0.297 e. The van der Waals surface area contributed by atoms with Crippen molar-refractivity contribution < 1.29 is 21.8 Å². The van der Waals surface area contributed by atoms with E-state index in [1.54, 1.807) is 49.4 Å². The van der Waals surface area contributed by atoms with Gasteiger partial charge in [-0.25, -0.2) is 0 Å². The van der Waals surface area contributed by atoms with Crippen molar-refractivity contribution in [3.8, 4) is 0 Å². The van der Waals surface area contributed by atoms with Crippen LogP contribution in [0.25, 0.3) is 0 Å². The minimum absolute atomic E-state index is 0.0440. The quantitative estimate of drug-likeness (QED) is 0.387. The van der Waals surface area contributed by atoms with Crippen molar-refractivity contribution in [1.82, 2.24) is 0 Å². The van der Waals surface area contributed by atoms with Crippen molar-refractivity contribution >= 4 is 24.2 Å². The number of benzene rings is 2. The van der Waals surface area contributed by atoms with Gasteiger partial charge in [0.25, 0.3) is 10.1 Å². The highest BCUT2D eigenvalue weighted by molar-refractivity contribution is 7.86. The molecule has 0 saturated heterocycles. The Kier molecular flexibility index (Phi) is 6.18. The van der Waals surface area contributed by atoms with Gasteiger partial charge in [0.15, 0.2) is 14.1 Å². The summed E-state index contributed by atoms with van der Waals surface area (Å²) in [5.41, 5.74) is -0.942. The minimum Gasteiger partial charge on any atom is -0.403 e. The summed E-state index contributed by atoms with van der Waals surface area (Å²) in [6, 6.07) is 16.5. The van der Waals surface area contributed by atoms with Crippen molar-refractivity contribution in [3.63, 3.8) is 0 Å². The maximum atomic E-state index is 13.0. The molecule has 0 saturated carbocycles. The van der Waals surface area contributed by atoms with Crippen LogP contribution in [0.3, 0.4) is 0 Å². The van der Waals surface area contributed by atoms with Crippen LogP contribution in [0.4, 0.5) is 0 Å². The number of rotatable bonds is 8. The molecule has 0 fully saturated rings. The molecular formula is C19H24O5SSi. The van der Waals surface area contributed by atoms with Gasteiger partial charge >= 0.3 is 0 Å². The van der Waals surface area contributed by atoms with Gasteiger partial charge in [0, 0.05) is 5.56 Å². The van der Waals surface area contributed by atoms with Crippen LogP contribution in [0.5, 0.6) is 0 Å². The van der Waals surface area contributed by atoms with Crippen molar-refractivity contribution in [2.24, 2.45) is 0 Å². The van der Waals surface area contributed by atoms with E-state index in [4.69, 9.17) is 8.61 Å². The molecular weight excluding hydrogens is 368 g/mol. The summed E-state index contributed by atoms with van der Waals surface area (Å²) in [4.78, 5) is 13.1. The van der Waals surface area contributed by atoms with Crippen LogP contribution in [0.1, 0.15) is 17.3 Å². The van der Waals surface area contributed by atoms with Crippen LogP contribution in [0.15, 0.2) is 65.6 Å². The SMILES string of the molecule is CC(COS(=O)(=O)c1ccccc1)(O[Si](C)(C)C)C(=O)c1ccccc1. The fraction of sp³-hybridized carbons (Fsp3) is 0.316. The average Bonchev–Trinajstić information content (AvgIpc) is 2.59. The first-order chi connectivity index (χ1) is 12.0. The summed E-state index contributed by atoms with van der Waals surface area (Å²) in [5.74, 6) is -0.302. The molecule has 0 N–H and O–H groups in total. The Labute approximate surface area is 156 Å². The van der Waals surface area contributed by atoms with Crippen LogP contribution < -0.4 is 0 Å². The first kappa shape index (κ1) is 20.5. The van der Waals surface area contributed by atoms with Gasteiger partial charge in [-0.05, 0) is 38.7 Å². The van der Waals surface area contributed by atoms with Gasteiger partial charge in [-0.1, -0.05) is 48.5 Å². The molecule has 1 atom stereocenters. The van der Waals surface area contributed by atoms with Gasteiger partial charge in [-0.2, -0.15) is 8.42 Å². The van der Waals surface area contributed by atoms with E-state index in [2.05, 4.69) is 0 Å². The van der Waals surface area contributed by atoms with E-state index < -0.39 is 24.0 Å². The number of hydrogen-bond acceptors (Lipinski definition) is 5. The number of carbonyl (C=O) groups is 1. The summed E-state index contributed by atoms with van der Waals surface area (Å²) >= 11 is 0. The Morgan fingerprint density at radius 2 is 1.46 bits per heavy atom. The lowest BCUT2D eigenvalue weighted by Gasteiger charge is -2.34. The molecule has 0 heterocycles. The Morgan fingerprint density at radius 3 is 1.96 bits per heavy atom. The molecule has 0 radical (unpaired) electrons. The normalized spacial score (nSPS) is 14.6. The number of carbonyl (C=O) groups excluding carboxylic acids is 1. The van der Waals surface area contributed by atoms with E-state index in [0.29, 0.717) is 5.56 Å². The van der Waals surface area contributed by atoms with Crippen LogP contribution >= 0.6 is 0 Å². The number of ketones is 1. The van der Waals surface area contributed by atoms with E-state index in [1.165, 1.54) is 12.1 Å². The zero-order chi connectivity index (χ0) is 19.4. The predicted molar refractivity (Wildman–Crippen MR) is 103 cm³/mol. The van der Waals surface area contributed by atoms with Gasteiger partial charge in [0.1, 0.15) is 12.2 Å². The van der Waals surface area contributed by atoms with Crippen molar-refractivity contribution in [3.05, 3.63) is 66.2 Å². The number of Topliss-reactive ketones (excluding diaryl/α,β-unsaturated/α-hetero) is 1. The Hall–Kier alpha value is -1.80. The average molecular weight is 393 g/mol. The van der Waals surface area contributed by atoms with Gasteiger partial charge in [-0.15, -0.1) is 0 Å². The summed E-state index contributed by atoms with van der Waals surface area (Å²) in [6.45, 7) is 7.02. The summed E-state index contributed by atoms with van der Waals surface area (Å²) < 4.78 is 36.1. The lowest BCUT2D eigenvalue weighted by molar-refractivity contribution is 0.0275. The molecule has 0 bridgehead atoms. The second-order valence-corrected chi connectivity index (χ2v) is 13.2. The highest BCUT2D eigenvalue weighted by atomic mass is 32.2. The third-order valence-electron chi connectivity index (χ3n) is 3.57. The fourth-order valence-electron chi connectivity index (χ4n) is 2.56. The maximum absolute atomic E-state index is 13.0. The molecule has 0 spiro atoms. The Bertz CT molecular complexity index is 845. The Balaban J connectivity index is 2.29. The van der Waals surface area contributed by atoms with Crippen molar-refractivity contribution in [2.75, 3.05) is 6.61 Å². The molecule has 1 unspecified atom stereocenters. The standard InChI is InChI=1S/C19H24O5SSi/c1-19(24-26(2,3)4,18(20)16-11-7-5-8-12-16)15-23-25(21,22)17-13-9-6-10-14-17/h5-14H,15H2,1-4H3. The van der Waals surface area contributed by atoms with Crippen LogP contribution in [-0.2, 0) is 18.7 Å². The lowest BCUT2D eigenvalue weighted by atomic mass is 9.96. The van der Waals surface area contributed by atoms with Gasteiger partial charge in [0.2, 0.25) is 0 Å². The zero-order valence-electron chi connectivity index (χ0n) is 15.4. The largest absolute Gasteiger partial charge is 0.403 e. The first-order valence-corrected chi connectivity index (χ1v) is 13.1. The van der Waals surface area contributed by atoms with Gasteiger partial charge in [0.05, 0.1) is 4.90 Å². The topological polar surface area (TPSA) is 69.7 Å². The highest BCUT2D eigenvalue weighted by Crippen LogP contribution is 2.25. The molecule has 2 aromatic rings. The lowest BCUT2D eigenvalue weighted by Crippen LogP contribution is -2.50. The van der Waals surface area contributed by atoms with E-state index in [1.807, 2.05) is 25.7 Å². The van der Waals surface area contributed by atoms with Crippen LogP contribution in [0.2, 0.25) is 19.6 Å². The maximum Gasteiger partial charge on any atom is 0.297 e. The molecule has 7 heteroatoms. The van der Waals surface area contributed by atoms with Crippen LogP contribution in [0, 0.1) is 0 Å². The second-order valence-electron chi connectivity index (χ2n) is 7.17. The van der Waals surface area contributed by atoms with Gasteiger partial charge < -0.3 is 4.43 Å².